The molecule has 1 saturated carbocycles. The van der Waals surface area contributed by atoms with Gasteiger partial charge in [-0.2, -0.15) is 0 Å². The lowest BCUT2D eigenvalue weighted by Crippen LogP contribution is -2.48. The molecular weight excluding hydrogens is 328 g/mol. The van der Waals surface area contributed by atoms with Crippen LogP contribution in [0.1, 0.15) is 43.2 Å². The molecule has 2 heterocycles. The highest BCUT2D eigenvalue weighted by atomic mass is 16.3. The fourth-order valence-corrected chi connectivity index (χ4v) is 3.94. The number of imidazole rings is 1. The standard InChI is InChI=1S/C20H26N4O2/c1-23-14-11-21-18(23)17(25)15-7-12-24(13-8-15)19(26)22-20(9-10-20)16-5-3-2-4-6-16/h2-6,11,14-15,17,25H,7-10,12-13H2,1H3,(H,22,26)/t17-/m0/s1. The molecule has 0 bridgehead atoms. The van der Waals surface area contributed by atoms with E-state index in [-0.39, 0.29) is 17.5 Å². The number of benzene rings is 1. The Kier molecular flexibility index (Phi) is 4.44. The average Bonchev–Trinajstić information content (AvgIpc) is 3.34. The smallest absolute Gasteiger partial charge is 0.318 e. The summed E-state index contributed by atoms with van der Waals surface area (Å²) >= 11 is 0. The normalized spacial score (nSPS) is 20.6. The zero-order valence-corrected chi connectivity index (χ0v) is 15.1. The van der Waals surface area contributed by atoms with Crippen LogP contribution in [0.3, 0.4) is 0 Å². The molecule has 2 aliphatic rings. The van der Waals surface area contributed by atoms with Crippen LogP contribution in [-0.2, 0) is 12.6 Å². The van der Waals surface area contributed by atoms with E-state index in [4.69, 9.17) is 0 Å². The number of aromatic nitrogens is 2. The van der Waals surface area contributed by atoms with Crippen molar-refractivity contribution >= 4 is 6.03 Å². The number of carbonyl (C=O) groups is 1. The summed E-state index contributed by atoms with van der Waals surface area (Å²) in [6.07, 6.45) is 6.56. The van der Waals surface area contributed by atoms with Gasteiger partial charge in [0.2, 0.25) is 0 Å². The van der Waals surface area contributed by atoms with Gasteiger partial charge in [0, 0.05) is 32.5 Å². The molecule has 2 fully saturated rings. The van der Waals surface area contributed by atoms with Crippen molar-refractivity contribution in [1.82, 2.24) is 19.8 Å². The Hall–Kier alpha value is -2.34. The fraction of sp³-hybridized carbons (Fsp3) is 0.500. The molecule has 1 saturated heterocycles. The molecule has 26 heavy (non-hydrogen) atoms. The van der Waals surface area contributed by atoms with Crippen molar-refractivity contribution in [2.45, 2.75) is 37.3 Å². The summed E-state index contributed by atoms with van der Waals surface area (Å²) in [6, 6.07) is 10.2. The van der Waals surface area contributed by atoms with E-state index in [1.165, 1.54) is 5.56 Å². The number of aryl methyl sites for hydroxylation is 1. The molecular formula is C20H26N4O2. The summed E-state index contributed by atoms with van der Waals surface area (Å²) in [5.74, 6) is 0.845. The third kappa shape index (κ3) is 3.21. The van der Waals surface area contributed by atoms with Crippen molar-refractivity contribution in [3.05, 3.63) is 54.1 Å². The van der Waals surface area contributed by atoms with Crippen molar-refractivity contribution < 1.29 is 9.90 Å². The number of rotatable bonds is 4. The van der Waals surface area contributed by atoms with Gasteiger partial charge in [-0.1, -0.05) is 30.3 Å². The van der Waals surface area contributed by atoms with Gasteiger partial charge in [-0.15, -0.1) is 0 Å². The third-order valence-electron chi connectivity index (χ3n) is 5.82. The SMILES string of the molecule is Cn1ccnc1[C@@H](O)C1CCN(C(=O)NC2(c3ccccc3)CC2)CC1. The quantitative estimate of drug-likeness (QED) is 0.886. The highest BCUT2D eigenvalue weighted by Crippen LogP contribution is 2.45. The number of likely N-dealkylation sites (tertiary alicyclic amines) is 1. The Morgan fingerprint density at radius 1 is 1.27 bits per heavy atom. The van der Waals surface area contributed by atoms with Crippen molar-refractivity contribution in [2.75, 3.05) is 13.1 Å². The van der Waals surface area contributed by atoms with Crippen LogP contribution in [0.25, 0.3) is 0 Å². The van der Waals surface area contributed by atoms with Crippen LogP contribution in [0.4, 0.5) is 4.79 Å². The van der Waals surface area contributed by atoms with Crippen molar-refractivity contribution in [3.8, 4) is 0 Å². The molecule has 0 spiro atoms. The summed E-state index contributed by atoms with van der Waals surface area (Å²) in [7, 11) is 1.90. The molecule has 138 valence electrons. The van der Waals surface area contributed by atoms with Crippen molar-refractivity contribution in [3.63, 3.8) is 0 Å². The summed E-state index contributed by atoms with van der Waals surface area (Å²) in [4.78, 5) is 18.9. The van der Waals surface area contributed by atoms with Gasteiger partial charge in [0.15, 0.2) is 0 Å². The van der Waals surface area contributed by atoms with Gasteiger partial charge in [0.1, 0.15) is 11.9 Å². The summed E-state index contributed by atoms with van der Waals surface area (Å²) < 4.78 is 1.86. The topological polar surface area (TPSA) is 70.4 Å². The summed E-state index contributed by atoms with van der Waals surface area (Å²) in [5.41, 5.74) is 1.01. The Morgan fingerprint density at radius 2 is 1.96 bits per heavy atom. The number of aliphatic hydroxyl groups is 1. The molecule has 1 atom stereocenters. The largest absolute Gasteiger partial charge is 0.385 e. The number of nitrogens with one attached hydrogen (secondary N) is 1. The molecule has 6 nitrogen and oxygen atoms in total. The van der Waals surface area contributed by atoms with E-state index in [2.05, 4.69) is 22.4 Å². The minimum absolute atomic E-state index is 0.0104. The highest BCUT2D eigenvalue weighted by molar-refractivity contribution is 5.76. The second-order valence-electron chi connectivity index (χ2n) is 7.54. The molecule has 2 aromatic rings. The van der Waals surface area contributed by atoms with Crippen LogP contribution in [0.5, 0.6) is 0 Å². The highest BCUT2D eigenvalue weighted by Gasteiger charge is 2.46. The number of aliphatic hydroxyl groups excluding tert-OH is 1. The Morgan fingerprint density at radius 3 is 2.54 bits per heavy atom. The van der Waals surface area contributed by atoms with E-state index < -0.39 is 6.10 Å². The number of carbonyl (C=O) groups excluding carboxylic acids is 1. The molecule has 2 amide bonds. The average molecular weight is 354 g/mol. The van der Waals surface area contributed by atoms with E-state index in [0.29, 0.717) is 18.9 Å². The molecule has 0 radical (unpaired) electrons. The zero-order valence-electron chi connectivity index (χ0n) is 15.1. The monoisotopic (exact) mass is 354 g/mol. The number of nitrogens with zero attached hydrogens (tertiary/aromatic N) is 3. The molecule has 0 unspecified atom stereocenters. The second-order valence-corrected chi connectivity index (χ2v) is 7.54. The van der Waals surface area contributed by atoms with Gasteiger partial charge < -0.3 is 19.9 Å². The number of urea groups is 1. The number of hydrogen-bond donors (Lipinski definition) is 2. The van der Waals surface area contributed by atoms with Crippen LogP contribution in [0, 0.1) is 5.92 Å². The molecule has 1 aromatic heterocycles. The van der Waals surface area contributed by atoms with Gasteiger partial charge in [0.05, 0.1) is 5.54 Å². The number of hydrogen-bond acceptors (Lipinski definition) is 3. The van der Waals surface area contributed by atoms with Crippen molar-refractivity contribution in [1.29, 1.82) is 0 Å². The van der Waals surface area contributed by atoms with Gasteiger partial charge in [-0.25, -0.2) is 9.78 Å². The molecule has 4 rings (SSSR count). The van der Waals surface area contributed by atoms with Crippen LogP contribution < -0.4 is 5.32 Å². The third-order valence-corrected chi connectivity index (χ3v) is 5.82. The lowest BCUT2D eigenvalue weighted by molar-refractivity contribution is 0.0579. The molecule has 6 heteroatoms. The van der Waals surface area contributed by atoms with Gasteiger partial charge >= 0.3 is 6.03 Å². The van der Waals surface area contributed by atoms with Crippen molar-refractivity contribution in [2.24, 2.45) is 13.0 Å². The Balaban J connectivity index is 1.34. The Labute approximate surface area is 153 Å². The Bertz CT molecular complexity index is 761. The van der Waals surface area contributed by atoms with Crippen LogP contribution in [0.15, 0.2) is 42.7 Å². The minimum atomic E-state index is -0.570. The van der Waals surface area contributed by atoms with E-state index in [1.54, 1.807) is 6.20 Å². The maximum Gasteiger partial charge on any atom is 0.318 e. The van der Waals surface area contributed by atoms with Crippen LogP contribution in [0.2, 0.25) is 0 Å². The first-order valence-corrected chi connectivity index (χ1v) is 9.37. The first kappa shape index (κ1) is 17.1. The first-order valence-electron chi connectivity index (χ1n) is 9.37. The van der Waals surface area contributed by atoms with Gasteiger partial charge in [0.25, 0.3) is 0 Å². The predicted molar refractivity (Wildman–Crippen MR) is 98.4 cm³/mol. The summed E-state index contributed by atoms with van der Waals surface area (Å²) in [6.45, 7) is 1.34. The second kappa shape index (κ2) is 6.76. The lowest BCUT2D eigenvalue weighted by atomic mass is 9.91. The maximum atomic E-state index is 12.7. The van der Waals surface area contributed by atoms with E-state index in [1.807, 2.05) is 40.9 Å². The molecule has 1 aliphatic carbocycles. The first-order chi connectivity index (χ1) is 12.6. The van der Waals surface area contributed by atoms with Crippen LogP contribution in [-0.4, -0.2) is 38.7 Å². The predicted octanol–water partition coefficient (Wildman–Crippen LogP) is 2.56. The number of amides is 2. The fourth-order valence-electron chi connectivity index (χ4n) is 3.94. The molecule has 2 N–H and O–H groups in total. The van der Waals surface area contributed by atoms with Gasteiger partial charge in [-0.05, 0) is 37.2 Å². The summed E-state index contributed by atoms with van der Waals surface area (Å²) in [5, 5.41) is 13.8. The molecule has 1 aromatic carbocycles. The zero-order chi connectivity index (χ0) is 18.1. The maximum absolute atomic E-state index is 12.7. The van der Waals surface area contributed by atoms with E-state index in [0.717, 1.165) is 25.7 Å². The van der Waals surface area contributed by atoms with E-state index in [9.17, 15) is 9.90 Å². The lowest BCUT2D eigenvalue weighted by Gasteiger charge is -2.35. The van der Waals surface area contributed by atoms with Crippen LogP contribution >= 0.6 is 0 Å². The molecule has 1 aliphatic heterocycles. The van der Waals surface area contributed by atoms with E-state index >= 15 is 0 Å². The number of piperidine rings is 1. The van der Waals surface area contributed by atoms with Gasteiger partial charge in [-0.3, -0.25) is 0 Å². The minimum Gasteiger partial charge on any atom is -0.385 e.